The van der Waals surface area contributed by atoms with Crippen LogP contribution in [0.25, 0.3) is 0 Å². The van der Waals surface area contributed by atoms with Crippen LogP contribution in [0.2, 0.25) is 0 Å². The third-order valence-corrected chi connectivity index (χ3v) is 8.18. The van der Waals surface area contributed by atoms with E-state index in [4.69, 9.17) is 0 Å². The monoisotopic (exact) mass is 436 g/mol. The van der Waals surface area contributed by atoms with E-state index in [1.54, 1.807) is 24.3 Å². The summed E-state index contributed by atoms with van der Waals surface area (Å²) in [6.45, 7) is 7.05. The van der Waals surface area contributed by atoms with Crippen LogP contribution >= 0.6 is 22.6 Å². The molecule has 0 radical (unpaired) electrons. The summed E-state index contributed by atoms with van der Waals surface area (Å²) in [4.78, 5) is 0. The van der Waals surface area contributed by atoms with Gasteiger partial charge in [-0.05, 0) is 59.6 Å². The number of phenols is 2. The highest BCUT2D eigenvalue weighted by Crippen LogP contribution is 2.57. The Kier molecular flexibility index (Phi) is 4.58. The van der Waals surface area contributed by atoms with Crippen molar-refractivity contribution < 1.29 is 10.2 Å². The van der Waals surface area contributed by atoms with Crippen molar-refractivity contribution in [2.24, 2.45) is 11.3 Å². The third-order valence-electron chi connectivity index (χ3n) is 5.43. The summed E-state index contributed by atoms with van der Waals surface area (Å²) in [6.07, 6.45) is 2.28. The minimum Gasteiger partial charge on any atom is -0.508 e. The van der Waals surface area contributed by atoms with Crippen molar-refractivity contribution in [2.75, 3.05) is 0 Å². The molecule has 3 heteroatoms. The predicted octanol–water partition coefficient (Wildman–Crippen LogP) is 5.64. The molecule has 24 heavy (non-hydrogen) atoms. The quantitative estimate of drug-likeness (QED) is 0.472. The number of alkyl halides is 1. The second-order valence-corrected chi connectivity index (χ2v) is 9.18. The van der Waals surface area contributed by atoms with Crippen LogP contribution in [-0.2, 0) is 5.41 Å². The van der Waals surface area contributed by atoms with Gasteiger partial charge in [0, 0.05) is 9.34 Å². The summed E-state index contributed by atoms with van der Waals surface area (Å²) in [6, 6.07) is 15.4. The van der Waals surface area contributed by atoms with Crippen molar-refractivity contribution >= 4 is 22.6 Å². The molecule has 2 unspecified atom stereocenters. The van der Waals surface area contributed by atoms with Gasteiger partial charge in [0.25, 0.3) is 0 Å². The Labute approximate surface area is 158 Å². The van der Waals surface area contributed by atoms with Crippen molar-refractivity contribution in [1.29, 1.82) is 0 Å². The van der Waals surface area contributed by atoms with Gasteiger partial charge in [-0.1, -0.05) is 67.6 Å². The van der Waals surface area contributed by atoms with E-state index in [1.807, 2.05) is 0 Å². The molecule has 2 aromatic carbocycles. The van der Waals surface area contributed by atoms with Crippen molar-refractivity contribution in [3.8, 4) is 11.5 Å². The van der Waals surface area contributed by atoms with Gasteiger partial charge in [0.05, 0.1) is 0 Å². The van der Waals surface area contributed by atoms with Gasteiger partial charge in [-0.2, -0.15) is 0 Å². The summed E-state index contributed by atoms with van der Waals surface area (Å²) >= 11 is 2.62. The first kappa shape index (κ1) is 17.6. The normalized spacial score (nSPS) is 25.3. The van der Waals surface area contributed by atoms with Gasteiger partial charge in [-0.25, -0.2) is 0 Å². The summed E-state index contributed by atoms with van der Waals surface area (Å²) in [7, 11) is 0. The summed E-state index contributed by atoms with van der Waals surface area (Å²) in [5.41, 5.74) is 2.56. The first-order valence-corrected chi connectivity index (χ1v) is 9.73. The first-order chi connectivity index (χ1) is 11.3. The first-order valence-electron chi connectivity index (χ1n) is 8.49. The molecule has 0 amide bonds. The molecular weight excluding hydrogens is 411 g/mol. The number of aromatic hydroxyl groups is 2. The van der Waals surface area contributed by atoms with Gasteiger partial charge < -0.3 is 10.2 Å². The lowest BCUT2D eigenvalue weighted by Crippen LogP contribution is -2.51. The molecule has 1 saturated carbocycles. The minimum atomic E-state index is -0.122. The van der Waals surface area contributed by atoms with Gasteiger partial charge in [-0.15, -0.1) is 0 Å². The molecule has 0 bridgehead atoms. The third kappa shape index (κ3) is 2.92. The van der Waals surface area contributed by atoms with Crippen LogP contribution < -0.4 is 0 Å². The lowest BCUT2D eigenvalue weighted by molar-refractivity contribution is 0.146. The van der Waals surface area contributed by atoms with E-state index < -0.39 is 0 Å². The van der Waals surface area contributed by atoms with Gasteiger partial charge in [0.1, 0.15) is 11.5 Å². The Morgan fingerprint density at radius 2 is 1.25 bits per heavy atom. The summed E-state index contributed by atoms with van der Waals surface area (Å²) in [5.74, 6) is 1.20. The van der Waals surface area contributed by atoms with Gasteiger partial charge in [0.2, 0.25) is 0 Å². The molecule has 2 nitrogen and oxygen atoms in total. The zero-order chi connectivity index (χ0) is 17.5. The Morgan fingerprint density at radius 3 is 1.67 bits per heavy atom. The van der Waals surface area contributed by atoms with Gasteiger partial charge >= 0.3 is 0 Å². The van der Waals surface area contributed by atoms with Crippen molar-refractivity contribution in [2.45, 2.75) is 43.0 Å². The van der Waals surface area contributed by atoms with Gasteiger partial charge in [0.15, 0.2) is 0 Å². The highest BCUT2D eigenvalue weighted by atomic mass is 127. The second-order valence-electron chi connectivity index (χ2n) is 7.93. The summed E-state index contributed by atoms with van der Waals surface area (Å²) in [5, 5.41) is 19.5. The van der Waals surface area contributed by atoms with Crippen LogP contribution in [0.15, 0.2) is 48.5 Å². The van der Waals surface area contributed by atoms with Crippen LogP contribution in [0.5, 0.6) is 11.5 Å². The lowest BCUT2D eigenvalue weighted by atomic mass is 9.55. The number of hydrogen-bond donors (Lipinski definition) is 2. The largest absolute Gasteiger partial charge is 0.508 e. The molecule has 128 valence electrons. The zero-order valence-electron chi connectivity index (χ0n) is 14.5. The van der Waals surface area contributed by atoms with Crippen LogP contribution in [-0.4, -0.2) is 14.1 Å². The topological polar surface area (TPSA) is 40.5 Å². The van der Waals surface area contributed by atoms with Gasteiger partial charge in [-0.3, -0.25) is 0 Å². The van der Waals surface area contributed by atoms with Crippen LogP contribution in [0, 0.1) is 11.3 Å². The fourth-order valence-electron chi connectivity index (χ4n) is 4.61. The SMILES string of the molecule is CC1CC(C)(C)C(I)C(c2ccc(O)cc2)(c2ccc(O)cc2)C1. The molecule has 0 aliphatic heterocycles. The number of benzene rings is 2. The average Bonchev–Trinajstić information content (AvgIpc) is 2.52. The highest BCUT2D eigenvalue weighted by Gasteiger charge is 2.52. The number of rotatable bonds is 2. The Balaban J connectivity index is 2.24. The maximum atomic E-state index is 9.73. The molecule has 3 rings (SSSR count). The smallest absolute Gasteiger partial charge is 0.115 e. The Morgan fingerprint density at radius 1 is 0.833 bits per heavy atom. The molecule has 2 atom stereocenters. The minimum absolute atomic E-state index is 0.122. The fourth-order valence-corrected chi connectivity index (χ4v) is 5.83. The van der Waals surface area contributed by atoms with E-state index in [1.165, 1.54) is 17.5 Å². The van der Waals surface area contributed by atoms with E-state index in [0.29, 0.717) is 21.3 Å². The predicted molar refractivity (Wildman–Crippen MR) is 107 cm³/mol. The molecule has 0 heterocycles. The maximum absolute atomic E-state index is 9.73. The van der Waals surface area contributed by atoms with Crippen molar-refractivity contribution in [1.82, 2.24) is 0 Å². The molecule has 1 aliphatic rings. The van der Waals surface area contributed by atoms with Crippen molar-refractivity contribution in [3.63, 3.8) is 0 Å². The van der Waals surface area contributed by atoms with E-state index in [2.05, 4.69) is 67.6 Å². The van der Waals surface area contributed by atoms with Crippen LogP contribution in [0.3, 0.4) is 0 Å². The van der Waals surface area contributed by atoms with Crippen LogP contribution in [0.1, 0.15) is 44.7 Å². The second kappa shape index (κ2) is 6.25. The zero-order valence-corrected chi connectivity index (χ0v) is 16.6. The van der Waals surface area contributed by atoms with E-state index in [9.17, 15) is 10.2 Å². The van der Waals surface area contributed by atoms with E-state index in [0.717, 1.165) is 6.42 Å². The molecule has 0 spiro atoms. The molecule has 0 saturated heterocycles. The maximum Gasteiger partial charge on any atom is 0.115 e. The molecule has 2 aromatic rings. The Bertz CT molecular complexity index is 658. The summed E-state index contributed by atoms with van der Waals surface area (Å²) < 4.78 is 0.410. The molecule has 1 fully saturated rings. The highest BCUT2D eigenvalue weighted by molar-refractivity contribution is 14.1. The molecular formula is C21H25IO2. The standard InChI is InChI=1S/C21H25IO2/c1-14-12-20(2,3)19(22)21(13-14,15-4-8-17(23)9-5-15)16-6-10-18(24)11-7-16/h4-11,14,19,23-24H,12-13H2,1-3H3. The van der Waals surface area contributed by atoms with Crippen molar-refractivity contribution in [3.05, 3.63) is 59.7 Å². The van der Waals surface area contributed by atoms with E-state index >= 15 is 0 Å². The molecule has 0 aromatic heterocycles. The van der Waals surface area contributed by atoms with E-state index in [-0.39, 0.29) is 10.8 Å². The Hall–Kier alpha value is -1.23. The molecule has 1 aliphatic carbocycles. The fraction of sp³-hybridized carbons (Fsp3) is 0.429. The number of hydrogen-bond acceptors (Lipinski definition) is 2. The average molecular weight is 436 g/mol. The van der Waals surface area contributed by atoms with Crippen LogP contribution in [0.4, 0.5) is 0 Å². The molecule has 2 N–H and O–H groups in total. The number of phenolic OH excluding ortho intramolecular Hbond substituents is 2. The number of halogens is 1. The lowest BCUT2D eigenvalue weighted by Gasteiger charge is -2.53.